The van der Waals surface area contributed by atoms with Crippen LogP contribution in [0, 0.1) is 6.92 Å². The Balaban J connectivity index is 1.24. The SMILES string of the molecule is Cc1ccccc1N(c1ccc2c(c1)C1(c3ccccc3Oc3c1ccc1ccccc31)c1ccccc1-2)c1cccc2c1C(C)(C)c1ccccc1-2. The smallest absolute Gasteiger partial charge is 0.140 e. The zero-order valence-electron chi connectivity index (χ0n) is 30.0. The van der Waals surface area contributed by atoms with Crippen molar-refractivity contribution in [3.05, 3.63) is 209 Å². The van der Waals surface area contributed by atoms with Crippen molar-refractivity contribution in [3.8, 4) is 33.8 Å². The first-order chi connectivity index (χ1) is 26.0. The number of nitrogens with zero attached hydrogens (tertiary/aromatic N) is 1. The number of anilines is 3. The van der Waals surface area contributed by atoms with Gasteiger partial charge in [0, 0.05) is 33.3 Å². The van der Waals surface area contributed by atoms with E-state index in [9.17, 15) is 0 Å². The molecular weight excluding hydrogens is 643 g/mol. The Morgan fingerprint density at radius 1 is 0.472 bits per heavy atom. The van der Waals surface area contributed by atoms with Gasteiger partial charge in [0.25, 0.3) is 0 Å². The lowest BCUT2D eigenvalue weighted by atomic mass is 9.65. The maximum absolute atomic E-state index is 6.93. The maximum atomic E-state index is 6.93. The van der Waals surface area contributed by atoms with Gasteiger partial charge in [-0.25, -0.2) is 0 Å². The summed E-state index contributed by atoms with van der Waals surface area (Å²) in [5.74, 6) is 1.84. The topological polar surface area (TPSA) is 12.5 Å². The fourth-order valence-electron chi connectivity index (χ4n) is 9.98. The molecule has 0 fully saturated rings. The summed E-state index contributed by atoms with van der Waals surface area (Å²) in [6, 6.07) is 62.6. The molecule has 3 aliphatic rings. The van der Waals surface area contributed by atoms with Crippen molar-refractivity contribution < 1.29 is 4.74 Å². The fourth-order valence-corrected chi connectivity index (χ4v) is 9.98. The molecule has 1 atom stereocenters. The highest BCUT2D eigenvalue weighted by molar-refractivity contribution is 5.97. The van der Waals surface area contributed by atoms with Gasteiger partial charge in [-0.2, -0.15) is 0 Å². The quantitative estimate of drug-likeness (QED) is 0.184. The molecule has 252 valence electrons. The van der Waals surface area contributed by atoms with Crippen LogP contribution in [0.25, 0.3) is 33.0 Å². The molecule has 1 aliphatic heterocycles. The first-order valence-corrected chi connectivity index (χ1v) is 18.6. The van der Waals surface area contributed by atoms with Crippen LogP contribution in [0.3, 0.4) is 0 Å². The second kappa shape index (κ2) is 10.8. The van der Waals surface area contributed by atoms with Gasteiger partial charge in [0.15, 0.2) is 0 Å². The van der Waals surface area contributed by atoms with Crippen LogP contribution >= 0.6 is 0 Å². The lowest BCUT2D eigenvalue weighted by Gasteiger charge is -2.40. The van der Waals surface area contributed by atoms with Crippen molar-refractivity contribution in [2.24, 2.45) is 0 Å². The largest absolute Gasteiger partial charge is 0.456 e. The van der Waals surface area contributed by atoms with E-state index in [0.29, 0.717) is 0 Å². The van der Waals surface area contributed by atoms with E-state index in [-0.39, 0.29) is 5.41 Å². The molecule has 0 amide bonds. The Morgan fingerprint density at radius 3 is 1.96 bits per heavy atom. The minimum atomic E-state index is -0.582. The van der Waals surface area contributed by atoms with Crippen LogP contribution in [0.4, 0.5) is 17.1 Å². The van der Waals surface area contributed by atoms with Gasteiger partial charge in [0.05, 0.1) is 11.1 Å². The first kappa shape index (κ1) is 30.3. The summed E-state index contributed by atoms with van der Waals surface area (Å²) in [4.78, 5) is 2.52. The number of rotatable bonds is 3. The fraction of sp³-hybridized carbons (Fsp3) is 0.0980. The lowest BCUT2D eigenvalue weighted by Crippen LogP contribution is -2.32. The number of benzene rings is 8. The van der Waals surface area contributed by atoms with E-state index in [4.69, 9.17) is 4.74 Å². The summed E-state index contributed by atoms with van der Waals surface area (Å²) in [7, 11) is 0. The molecule has 1 unspecified atom stereocenters. The van der Waals surface area contributed by atoms with Gasteiger partial charge < -0.3 is 9.64 Å². The molecule has 0 saturated carbocycles. The van der Waals surface area contributed by atoms with Crippen molar-refractivity contribution in [1.82, 2.24) is 0 Å². The van der Waals surface area contributed by atoms with Gasteiger partial charge in [0.2, 0.25) is 0 Å². The summed E-state index contributed by atoms with van der Waals surface area (Å²) in [5, 5.41) is 2.30. The summed E-state index contributed by atoms with van der Waals surface area (Å²) in [6.45, 7) is 6.99. The molecule has 0 radical (unpaired) electrons. The molecule has 11 rings (SSSR count). The van der Waals surface area contributed by atoms with Gasteiger partial charge in [-0.15, -0.1) is 0 Å². The average Bonchev–Trinajstić information content (AvgIpc) is 3.62. The van der Waals surface area contributed by atoms with Crippen LogP contribution in [-0.2, 0) is 10.8 Å². The third-order valence-electron chi connectivity index (χ3n) is 12.2. The predicted molar refractivity (Wildman–Crippen MR) is 218 cm³/mol. The van der Waals surface area contributed by atoms with Crippen LogP contribution in [0.1, 0.15) is 52.8 Å². The van der Waals surface area contributed by atoms with Crippen molar-refractivity contribution >= 4 is 27.8 Å². The monoisotopic (exact) mass is 679 g/mol. The highest BCUT2D eigenvalue weighted by atomic mass is 16.5. The van der Waals surface area contributed by atoms with Crippen LogP contribution < -0.4 is 9.64 Å². The Labute approximate surface area is 310 Å². The van der Waals surface area contributed by atoms with Gasteiger partial charge in [-0.05, 0) is 92.7 Å². The van der Waals surface area contributed by atoms with E-state index >= 15 is 0 Å². The van der Waals surface area contributed by atoms with Crippen LogP contribution in [0.15, 0.2) is 170 Å². The zero-order valence-corrected chi connectivity index (χ0v) is 30.0. The first-order valence-electron chi connectivity index (χ1n) is 18.6. The van der Waals surface area contributed by atoms with Crippen molar-refractivity contribution in [3.63, 3.8) is 0 Å². The molecule has 0 aromatic heterocycles. The van der Waals surface area contributed by atoms with Crippen LogP contribution in [0.2, 0.25) is 0 Å². The molecule has 53 heavy (non-hydrogen) atoms. The van der Waals surface area contributed by atoms with Gasteiger partial charge in [-0.1, -0.05) is 153 Å². The molecule has 2 heteroatoms. The Kier molecular flexibility index (Phi) is 6.18. The Morgan fingerprint density at radius 2 is 1.11 bits per heavy atom. The van der Waals surface area contributed by atoms with Gasteiger partial charge in [0.1, 0.15) is 11.5 Å². The number of ether oxygens (including phenoxy) is 1. The Bertz CT molecular complexity index is 2830. The minimum absolute atomic E-state index is 0.183. The highest BCUT2D eigenvalue weighted by Crippen LogP contribution is 2.64. The van der Waals surface area contributed by atoms with E-state index in [1.807, 2.05) is 0 Å². The lowest BCUT2D eigenvalue weighted by molar-refractivity contribution is 0.441. The van der Waals surface area contributed by atoms with E-state index in [1.165, 1.54) is 78.0 Å². The molecule has 0 bridgehead atoms. The molecule has 1 heterocycles. The van der Waals surface area contributed by atoms with E-state index in [1.54, 1.807) is 0 Å². The molecule has 1 spiro atoms. The highest BCUT2D eigenvalue weighted by Gasteiger charge is 2.51. The van der Waals surface area contributed by atoms with Gasteiger partial charge >= 0.3 is 0 Å². The molecule has 8 aromatic carbocycles. The molecule has 0 saturated heterocycles. The number of hydrogen-bond donors (Lipinski definition) is 0. The summed E-state index contributed by atoms with van der Waals surface area (Å²) in [5.41, 5.74) is 16.8. The third kappa shape index (κ3) is 3.93. The molecule has 0 N–H and O–H groups in total. The minimum Gasteiger partial charge on any atom is -0.456 e. The van der Waals surface area contributed by atoms with E-state index < -0.39 is 5.41 Å². The summed E-state index contributed by atoms with van der Waals surface area (Å²) >= 11 is 0. The number of fused-ring (bicyclic) bond motifs is 14. The van der Waals surface area contributed by atoms with E-state index in [2.05, 4.69) is 196 Å². The van der Waals surface area contributed by atoms with Crippen molar-refractivity contribution in [1.29, 1.82) is 0 Å². The molecule has 2 nitrogen and oxygen atoms in total. The molecular formula is C51H37NO. The number of para-hydroxylation sites is 2. The molecule has 8 aromatic rings. The standard InChI is InChI=1S/C51H37NO/c1-32-15-4-12-24-45(32)52(46-25-14-20-39-37-19-7-9-21-40(37)50(2,3)48(39)46)34-28-29-38-36-18-8-10-22-41(36)51(44(38)31-34)42-23-11-13-26-47(42)53-49-35-17-6-5-16-33(35)27-30-43(49)51/h4-31H,1-3H3. The summed E-state index contributed by atoms with van der Waals surface area (Å²) in [6.07, 6.45) is 0. The Hall–Kier alpha value is -6.38. The van der Waals surface area contributed by atoms with Crippen molar-refractivity contribution in [2.75, 3.05) is 4.90 Å². The maximum Gasteiger partial charge on any atom is 0.140 e. The van der Waals surface area contributed by atoms with Crippen LogP contribution in [0.5, 0.6) is 11.5 Å². The second-order valence-electron chi connectivity index (χ2n) is 15.3. The average molecular weight is 680 g/mol. The second-order valence-corrected chi connectivity index (χ2v) is 15.3. The molecule has 2 aliphatic carbocycles. The van der Waals surface area contributed by atoms with Crippen molar-refractivity contribution in [2.45, 2.75) is 31.6 Å². The number of aryl methyl sites for hydroxylation is 1. The number of hydrogen-bond acceptors (Lipinski definition) is 2. The zero-order chi connectivity index (χ0) is 35.5. The summed E-state index contributed by atoms with van der Waals surface area (Å²) < 4.78 is 6.93. The van der Waals surface area contributed by atoms with Crippen LogP contribution in [-0.4, -0.2) is 0 Å². The van der Waals surface area contributed by atoms with Gasteiger partial charge in [-0.3, -0.25) is 0 Å². The van der Waals surface area contributed by atoms with E-state index in [0.717, 1.165) is 22.6 Å². The third-order valence-corrected chi connectivity index (χ3v) is 12.2. The normalized spacial score (nSPS) is 16.6. The predicted octanol–water partition coefficient (Wildman–Crippen LogP) is 13.4.